The summed E-state index contributed by atoms with van der Waals surface area (Å²) >= 11 is 0. The number of hydrogen-bond acceptors (Lipinski definition) is 7. The molecular formula is C18H24N6O3. The van der Waals surface area contributed by atoms with E-state index in [1.165, 1.54) is 0 Å². The molecule has 27 heavy (non-hydrogen) atoms. The molecule has 144 valence electrons. The summed E-state index contributed by atoms with van der Waals surface area (Å²) in [7, 11) is 1.62. The number of ether oxygens (including phenoxy) is 1. The van der Waals surface area contributed by atoms with Crippen LogP contribution in [0.2, 0.25) is 0 Å². The van der Waals surface area contributed by atoms with Gasteiger partial charge in [-0.25, -0.2) is 0 Å². The Balaban J connectivity index is 1.52. The Hall–Kier alpha value is -2.68. The molecule has 1 aromatic carbocycles. The number of tetrazole rings is 1. The van der Waals surface area contributed by atoms with Crippen LogP contribution in [-0.2, 0) is 4.79 Å². The average Bonchev–Trinajstić information content (AvgIpc) is 3.21. The number of carbonyl (C=O) groups is 1. The van der Waals surface area contributed by atoms with Crippen LogP contribution in [0.3, 0.4) is 0 Å². The van der Waals surface area contributed by atoms with E-state index in [-0.39, 0.29) is 6.04 Å². The van der Waals surface area contributed by atoms with Crippen LogP contribution in [0.5, 0.6) is 5.75 Å². The van der Waals surface area contributed by atoms with Crippen molar-refractivity contribution in [2.75, 3.05) is 19.0 Å². The summed E-state index contributed by atoms with van der Waals surface area (Å²) in [6, 6.07) is 5.63. The van der Waals surface area contributed by atoms with Crippen LogP contribution in [0.25, 0.3) is 11.4 Å². The fourth-order valence-corrected chi connectivity index (χ4v) is 4.42. The van der Waals surface area contributed by atoms with E-state index in [9.17, 15) is 9.90 Å². The number of hydrogen-bond donors (Lipinski definition) is 4. The van der Waals surface area contributed by atoms with Crippen molar-refractivity contribution in [1.82, 2.24) is 25.9 Å². The highest BCUT2D eigenvalue weighted by Crippen LogP contribution is 2.39. The zero-order chi connectivity index (χ0) is 18.8. The number of carboxylic acids is 1. The van der Waals surface area contributed by atoms with E-state index in [0.29, 0.717) is 29.8 Å². The first-order chi connectivity index (χ1) is 13.2. The minimum absolute atomic E-state index is 0.275. The number of nitrogens with one attached hydrogen (secondary N) is 3. The minimum Gasteiger partial charge on any atom is -0.496 e. The van der Waals surface area contributed by atoms with Crippen LogP contribution in [0, 0.1) is 11.8 Å². The van der Waals surface area contributed by atoms with Gasteiger partial charge in [-0.3, -0.25) is 4.79 Å². The Bertz CT molecular complexity index is 796. The lowest BCUT2D eigenvalue weighted by atomic mass is 9.72. The summed E-state index contributed by atoms with van der Waals surface area (Å²) in [4.78, 5) is 11.3. The quantitative estimate of drug-likeness (QED) is 0.622. The zero-order valence-electron chi connectivity index (χ0n) is 15.2. The maximum absolute atomic E-state index is 11.3. The van der Waals surface area contributed by atoms with E-state index in [0.717, 1.165) is 37.1 Å². The third-order valence-corrected chi connectivity index (χ3v) is 5.78. The highest BCUT2D eigenvalue weighted by Gasteiger charge is 2.37. The first-order valence-corrected chi connectivity index (χ1v) is 9.29. The van der Waals surface area contributed by atoms with Gasteiger partial charge in [-0.15, -0.1) is 10.2 Å². The van der Waals surface area contributed by atoms with Crippen LogP contribution in [0.4, 0.5) is 5.69 Å². The molecule has 1 saturated heterocycles. The number of benzene rings is 1. The van der Waals surface area contributed by atoms with Crippen LogP contribution in [-0.4, -0.2) is 57.4 Å². The fourth-order valence-electron chi connectivity index (χ4n) is 4.42. The number of anilines is 1. The van der Waals surface area contributed by atoms with Crippen molar-refractivity contribution in [2.24, 2.45) is 11.8 Å². The number of aliphatic carboxylic acids is 1. The SMILES string of the molecule is COc1cccc(N[C@H]2CC[C@H]3CN[C@H](C(=O)O)C[C@H]3C2)c1-c1nn[nH]n1. The molecule has 4 rings (SSSR count). The summed E-state index contributed by atoms with van der Waals surface area (Å²) in [5, 5.41) is 30.4. The van der Waals surface area contributed by atoms with Crippen molar-refractivity contribution in [3.63, 3.8) is 0 Å². The van der Waals surface area contributed by atoms with Gasteiger partial charge in [0.2, 0.25) is 5.82 Å². The monoisotopic (exact) mass is 372 g/mol. The molecule has 0 amide bonds. The number of aromatic amines is 1. The molecule has 0 radical (unpaired) electrons. The van der Waals surface area contributed by atoms with Gasteiger partial charge in [0.05, 0.1) is 12.7 Å². The highest BCUT2D eigenvalue weighted by atomic mass is 16.5. The van der Waals surface area contributed by atoms with Crippen LogP contribution in [0.15, 0.2) is 18.2 Å². The minimum atomic E-state index is -0.754. The van der Waals surface area contributed by atoms with Gasteiger partial charge in [-0.05, 0) is 61.4 Å². The van der Waals surface area contributed by atoms with E-state index in [1.807, 2.05) is 18.2 Å². The van der Waals surface area contributed by atoms with Gasteiger partial charge in [0.1, 0.15) is 11.8 Å². The number of rotatable bonds is 5. The summed E-state index contributed by atoms with van der Waals surface area (Å²) in [6.07, 6.45) is 3.78. The molecule has 0 unspecified atom stereocenters. The van der Waals surface area contributed by atoms with Gasteiger partial charge in [0, 0.05) is 11.7 Å². The highest BCUT2D eigenvalue weighted by molar-refractivity contribution is 5.79. The lowest BCUT2D eigenvalue weighted by Crippen LogP contribution is -2.50. The molecule has 0 bridgehead atoms. The predicted molar refractivity (Wildman–Crippen MR) is 98.5 cm³/mol. The van der Waals surface area contributed by atoms with E-state index < -0.39 is 12.0 Å². The first-order valence-electron chi connectivity index (χ1n) is 9.29. The summed E-state index contributed by atoms with van der Waals surface area (Å²) in [5.74, 6) is 1.38. The molecule has 9 heteroatoms. The number of carboxylic acid groups (broad SMARTS) is 1. The number of piperidine rings is 1. The van der Waals surface area contributed by atoms with E-state index in [2.05, 4.69) is 31.3 Å². The van der Waals surface area contributed by atoms with Gasteiger partial charge in [0.15, 0.2) is 0 Å². The number of fused-ring (bicyclic) bond motifs is 1. The normalized spacial score (nSPS) is 27.6. The Morgan fingerprint density at radius 3 is 2.93 bits per heavy atom. The topological polar surface area (TPSA) is 125 Å². The summed E-state index contributed by atoms with van der Waals surface area (Å²) in [6.45, 7) is 0.793. The Labute approximate surface area is 156 Å². The molecule has 2 aliphatic rings. The largest absolute Gasteiger partial charge is 0.496 e. The smallest absolute Gasteiger partial charge is 0.320 e. The second kappa shape index (κ2) is 7.51. The Morgan fingerprint density at radius 1 is 1.30 bits per heavy atom. The number of aromatic nitrogens is 4. The molecule has 1 saturated carbocycles. The lowest BCUT2D eigenvalue weighted by molar-refractivity contribution is -0.141. The van der Waals surface area contributed by atoms with Crippen LogP contribution >= 0.6 is 0 Å². The van der Waals surface area contributed by atoms with Crippen molar-refractivity contribution in [1.29, 1.82) is 0 Å². The molecule has 0 spiro atoms. The predicted octanol–water partition coefficient (Wildman–Crippen LogP) is 1.52. The van der Waals surface area contributed by atoms with Gasteiger partial charge in [0.25, 0.3) is 0 Å². The van der Waals surface area contributed by atoms with Crippen molar-refractivity contribution in [3.05, 3.63) is 18.2 Å². The molecule has 4 atom stereocenters. The number of methoxy groups -OCH3 is 1. The third-order valence-electron chi connectivity index (χ3n) is 5.78. The van der Waals surface area contributed by atoms with Crippen molar-refractivity contribution >= 4 is 11.7 Å². The Kier molecular flexibility index (Phi) is 4.93. The van der Waals surface area contributed by atoms with Gasteiger partial charge in [-0.2, -0.15) is 5.21 Å². The van der Waals surface area contributed by atoms with Crippen molar-refractivity contribution in [2.45, 2.75) is 37.8 Å². The second-order valence-corrected chi connectivity index (χ2v) is 7.33. The van der Waals surface area contributed by atoms with Gasteiger partial charge < -0.3 is 20.5 Å². The molecular weight excluding hydrogens is 348 g/mol. The van der Waals surface area contributed by atoms with Gasteiger partial charge >= 0.3 is 5.97 Å². The molecule has 2 fully saturated rings. The molecule has 4 N–H and O–H groups in total. The molecule has 2 heterocycles. The molecule has 9 nitrogen and oxygen atoms in total. The Morgan fingerprint density at radius 2 is 2.19 bits per heavy atom. The van der Waals surface area contributed by atoms with Gasteiger partial charge in [-0.1, -0.05) is 6.07 Å². The maximum atomic E-state index is 11.3. The second-order valence-electron chi connectivity index (χ2n) is 7.33. The average molecular weight is 372 g/mol. The van der Waals surface area contributed by atoms with Crippen LogP contribution < -0.4 is 15.4 Å². The lowest BCUT2D eigenvalue weighted by Gasteiger charge is -2.42. The maximum Gasteiger partial charge on any atom is 0.320 e. The fraction of sp³-hybridized carbons (Fsp3) is 0.556. The molecule has 1 aliphatic carbocycles. The third kappa shape index (κ3) is 3.59. The van der Waals surface area contributed by atoms with E-state index in [1.54, 1.807) is 7.11 Å². The first kappa shape index (κ1) is 17.7. The summed E-state index contributed by atoms with van der Waals surface area (Å²) in [5.41, 5.74) is 1.69. The van der Waals surface area contributed by atoms with Crippen LogP contribution in [0.1, 0.15) is 25.7 Å². The van der Waals surface area contributed by atoms with Crippen molar-refractivity contribution in [3.8, 4) is 17.1 Å². The molecule has 1 aliphatic heterocycles. The standard InChI is InChI=1S/C18H24N6O3/c1-27-15-4-2-3-13(16(15)17-21-23-24-22-17)20-12-6-5-10-9-19-14(18(25)26)8-11(10)7-12/h2-4,10-12,14,19-20H,5-9H2,1H3,(H,25,26)(H,21,22,23,24)/t10-,11+,12-,14-/m0/s1. The van der Waals surface area contributed by atoms with E-state index in [4.69, 9.17) is 4.74 Å². The number of H-pyrrole nitrogens is 1. The zero-order valence-corrected chi connectivity index (χ0v) is 15.2. The number of nitrogens with zero attached hydrogens (tertiary/aromatic N) is 3. The molecule has 1 aromatic heterocycles. The van der Waals surface area contributed by atoms with Crippen molar-refractivity contribution < 1.29 is 14.6 Å². The summed E-state index contributed by atoms with van der Waals surface area (Å²) < 4.78 is 5.49. The molecule has 2 aromatic rings. The van der Waals surface area contributed by atoms with E-state index >= 15 is 0 Å².